The van der Waals surface area contributed by atoms with Crippen LogP contribution in [0, 0.1) is 0 Å². The molecule has 2 aromatic rings. The van der Waals surface area contributed by atoms with Gasteiger partial charge in [0.05, 0.1) is 32.4 Å². The Balaban J connectivity index is 2.19. The van der Waals surface area contributed by atoms with Gasteiger partial charge in [0.25, 0.3) is 11.7 Å². The first-order chi connectivity index (χ1) is 15.8. The van der Waals surface area contributed by atoms with Crippen molar-refractivity contribution in [2.24, 2.45) is 0 Å². The fraction of sp³-hybridized carbons (Fsp3) is 0.360. The maximum absolute atomic E-state index is 13.2. The molecule has 0 aromatic heterocycles. The van der Waals surface area contributed by atoms with Crippen LogP contribution in [0.5, 0.6) is 17.2 Å². The molecule has 1 aliphatic rings. The molecule has 0 radical (unpaired) electrons. The van der Waals surface area contributed by atoms with Gasteiger partial charge >= 0.3 is 0 Å². The van der Waals surface area contributed by atoms with Gasteiger partial charge in [-0.05, 0) is 63.5 Å². The van der Waals surface area contributed by atoms with Gasteiger partial charge in [-0.25, -0.2) is 0 Å². The molecule has 1 aliphatic heterocycles. The van der Waals surface area contributed by atoms with Crippen LogP contribution in [-0.4, -0.2) is 74.6 Å². The lowest BCUT2D eigenvalue weighted by atomic mass is 9.94. The number of likely N-dealkylation sites (tertiary alicyclic amines) is 1. The first-order valence-corrected chi connectivity index (χ1v) is 10.7. The monoisotopic (exact) mass is 454 g/mol. The van der Waals surface area contributed by atoms with E-state index in [-0.39, 0.29) is 11.3 Å². The van der Waals surface area contributed by atoms with Crippen molar-refractivity contribution in [1.29, 1.82) is 0 Å². The zero-order valence-corrected chi connectivity index (χ0v) is 19.6. The number of methoxy groups -OCH3 is 2. The molecule has 0 spiro atoms. The Hall–Kier alpha value is -3.52. The maximum atomic E-state index is 13.2. The number of Topliss-reactive ketones (excluding diaryl/α,β-unsaturated/α-hetero) is 1. The first kappa shape index (κ1) is 24.1. The molecule has 1 atom stereocenters. The molecule has 1 unspecified atom stereocenters. The minimum Gasteiger partial charge on any atom is -0.507 e. The van der Waals surface area contributed by atoms with Crippen molar-refractivity contribution >= 4 is 17.4 Å². The highest BCUT2D eigenvalue weighted by molar-refractivity contribution is 6.46. The molecule has 176 valence electrons. The van der Waals surface area contributed by atoms with E-state index in [1.165, 1.54) is 19.1 Å². The lowest BCUT2D eigenvalue weighted by Gasteiger charge is -2.28. The largest absolute Gasteiger partial charge is 0.507 e. The molecule has 0 aliphatic carbocycles. The van der Waals surface area contributed by atoms with Crippen molar-refractivity contribution in [2.75, 3.05) is 48.0 Å². The molecule has 8 heteroatoms. The second-order valence-corrected chi connectivity index (χ2v) is 7.86. The third-order valence-corrected chi connectivity index (χ3v) is 5.50. The van der Waals surface area contributed by atoms with Crippen molar-refractivity contribution in [3.63, 3.8) is 0 Å². The second-order valence-electron chi connectivity index (χ2n) is 7.86. The smallest absolute Gasteiger partial charge is 0.295 e. The third kappa shape index (κ3) is 4.96. The van der Waals surface area contributed by atoms with Crippen molar-refractivity contribution in [3.05, 3.63) is 59.2 Å². The number of benzene rings is 2. The summed E-state index contributed by atoms with van der Waals surface area (Å²) in [5, 5.41) is 11.2. The summed E-state index contributed by atoms with van der Waals surface area (Å²) in [6, 6.07) is 11.1. The van der Waals surface area contributed by atoms with Crippen molar-refractivity contribution in [1.82, 2.24) is 9.80 Å². The van der Waals surface area contributed by atoms with E-state index in [4.69, 9.17) is 14.2 Å². The topological polar surface area (TPSA) is 88.5 Å². The van der Waals surface area contributed by atoms with Gasteiger partial charge in [0.2, 0.25) is 0 Å². The average Bonchev–Trinajstić information content (AvgIpc) is 3.07. The van der Waals surface area contributed by atoms with Gasteiger partial charge in [-0.15, -0.1) is 0 Å². The highest BCUT2D eigenvalue weighted by Crippen LogP contribution is 2.43. The summed E-state index contributed by atoms with van der Waals surface area (Å²) in [5.41, 5.74) is 0.979. The fourth-order valence-electron chi connectivity index (χ4n) is 3.83. The minimum atomic E-state index is -0.832. The molecule has 1 amide bonds. The van der Waals surface area contributed by atoms with E-state index < -0.39 is 17.7 Å². The maximum Gasteiger partial charge on any atom is 0.295 e. The zero-order valence-electron chi connectivity index (χ0n) is 19.6. The van der Waals surface area contributed by atoms with Crippen LogP contribution < -0.4 is 14.2 Å². The highest BCUT2D eigenvalue weighted by atomic mass is 16.5. The number of aliphatic hydroxyl groups excluding tert-OH is 1. The van der Waals surface area contributed by atoms with Crippen LogP contribution in [0.3, 0.4) is 0 Å². The zero-order chi connectivity index (χ0) is 24.1. The van der Waals surface area contributed by atoms with Crippen LogP contribution in [0.25, 0.3) is 5.76 Å². The number of carbonyl (C=O) groups excluding carboxylic acids is 2. The van der Waals surface area contributed by atoms with E-state index in [0.717, 1.165) is 0 Å². The Morgan fingerprint density at radius 2 is 1.70 bits per heavy atom. The number of ether oxygens (including phenoxy) is 3. The van der Waals surface area contributed by atoms with Gasteiger partial charge in [0.1, 0.15) is 23.0 Å². The summed E-state index contributed by atoms with van der Waals surface area (Å²) in [4.78, 5) is 29.6. The predicted octanol–water partition coefficient (Wildman–Crippen LogP) is 3.09. The van der Waals surface area contributed by atoms with Crippen LogP contribution in [0.15, 0.2) is 48.0 Å². The fourth-order valence-corrected chi connectivity index (χ4v) is 3.83. The molecule has 1 fully saturated rings. The molecule has 2 aromatic carbocycles. The number of ketones is 1. The molecule has 3 rings (SSSR count). The molecule has 8 nitrogen and oxygen atoms in total. The number of carbonyl (C=O) groups is 2. The first-order valence-electron chi connectivity index (χ1n) is 10.7. The van der Waals surface area contributed by atoms with E-state index in [1.54, 1.807) is 42.5 Å². The lowest BCUT2D eigenvalue weighted by Crippen LogP contribution is -2.35. The molecule has 0 saturated carbocycles. The van der Waals surface area contributed by atoms with Crippen molar-refractivity contribution < 1.29 is 28.9 Å². The van der Waals surface area contributed by atoms with Gasteiger partial charge in [0, 0.05) is 24.2 Å². The third-order valence-electron chi connectivity index (χ3n) is 5.50. The Labute approximate surface area is 194 Å². The summed E-state index contributed by atoms with van der Waals surface area (Å²) in [7, 11) is 6.83. The summed E-state index contributed by atoms with van der Waals surface area (Å²) in [6.45, 7) is 3.23. The molecule has 1 saturated heterocycles. The number of nitrogens with zero attached hydrogens (tertiary/aromatic N) is 2. The van der Waals surface area contributed by atoms with Crippen molar-refractivity contribution in [3.8, 4) is 17.2 Å². The number of likely N-dealkylation sites (N-methyl/N-ethyl adjacent to an activating group) is 1. The Bertz CT molecular complexity index is 1050. The standard InChI is InChI=1S/C25H30N2O6/c1-6-33-17-9-7-16(8-10-17)23(28)21-22(19-15-18(31-4)11-12-20(19)32-5)27(14-13-26(2)3)25(30)24(21)29/h7-12,15,22,28H,6,13-14H2,1-5H3/b23-21-. The van der Waals surface area contributed by atoms with Crippen molar-refractivity contribution in [2.45, 2.75) is 13.0 Å². The van der Waals surface area contributed by atoms with Gasteiger partial charge < -0.3 is 29.1 Å². The molecular weight excluding hydrogens is 424 g/mol. The normalized spacial score (nSPS) is 17.5. The summed E-state index contributed by atoms with van der Waals surface area (Å²) in [6.07, 6.45) is 0. The number of amides is 1. The quantitative estimate of drug-likeness (QED) is 0.354. The second kappa shape index (κ2) is 10.4. The average molecular weight is 455 g/mol. The van der Waals surface area contributed by atoms with Crippen LogP contribution in [-0.2, 0) is 9.59 Å². The molecule has 33 heavy (non-hydrogen) atoms. The van der Waals surface area contributed by atoms with E-state index in [9.17, 15) is 14.7 Å². The Morgan fingerprint density at radius 1 is 1.03 bits per heavy atom. The van der Waals surface area contributed by atoms with Gasteiger partial charge in [-0.1, -0.05) is 0 Å². The van der Waals surface area contributed by atoms with Crippen LogP contribution in [0.1, 0.15) is 24.1 Å². The van der Waals surface area contributed by atoms with Crippen LogP contribution in [0.2, 0.25) is 0 Å². The number of aliphatic hydroxyl groups is 1. The molecule has 1 N–H and O–H groups in total. The predicted molar refractivity (Wildman–Crippen MR) is 125 cm³/mol. The minimum absolute atomic E-state index is 0.00877. The van der Waals surface area contributed by atoms with Gasteiger partial charge in [-0.2, -0.15) is 0 Å². The van der Waals surface area contributed by atoms with Gasteiger partial charge in [-0.3, -0.25) is 9.59 Å². The SMILES string of the molecule is CCOc1ccc(/C(O)=C2/C(=O)C(=O)N(CCN(C)C)C2c2cc(OC)ccc2OC)cc1. The lowest BCUT2D eigenvalue weighted by molar-refractivity contribution is -0.140. The van der Waals surface area contributed by atoms with Crippen LogP contribution in [0.4, 0.5) is 0 Å². The van der Waals surface area contributed by atoms with E-state index in [1.807, 2.05) is 25.9 Å². The van der Waals surface area contributed by atoms with Crippen LogP contribution >= 0.6 is 0 Å². The van der Waals surface area contributed by atoms with Gasteiger partial charge in [0.15, 0.2) is 0 Å². The highest BCUT2D eigenvalue weighted by Gasteiger charge is 2.47. The number of hydrogen-bond acceptors (Lipinski definition) is 7. The number of rotatable bonds is 9. The number of hydrogen-bond donors (Lipinski definition) is 1. The summed E-state index contributed by atoms with van der Waals surface area (Å²) < 4.78 is 16.4. The summed E-state index contributed by atoms with van der Waals surface area (Å²) in [5.74, 6) is 0.0135. The molecule has 1 heterocycles. The summed E-state index contributed by atoms with van der Waals surface area (Å²) >= 11 is 0. The van der Waals surface area contributed by atoms with E-state index in [2.05, 4.69) is 0 Å². The van der Waals surface area contributed by atoms with E-state index in [0.29, 0.717) is 48.1 Å². The Kier molecular flexibility index (Phi) is 7.60. The molecular formula is C25H30N2O6. The molecule has 0 bridgehead atoms. The van der Waals surface area contributed by atoms with E-state index >= 15 is 0 Å². The Morgan fingerprint density at radius 3 is 2.27 bits per heavy atom.